The van der Waals surface area contributed by atoms with Crippen LogP contribution in [0.1, 0.15) is 38.2 Å². The average molecular weight is 397 g/mol. The van der Waals surface area contributed by atoms with E-state index in [2.05, 4.69) is 25.8 Å². The molecule has 0 unspecified atom stereocenters. The van der Waals surface area contributed by atoms with E-state index in [0.29, 0.717) is 23.0 Å². The summed E-state index contributed by atoms with van der Waals surface area (Å²) in [7, 11) is 0. The SMILES string of the molecule is CC(C)(C)OC(=O)N[C@H](C(=O)NCc1nc(-c2ccco2)n[nH]1)c1ccccc1. The van der Waals surface area contributed by atoms with E-state index in [4.69, 9.17) is 9.15 Å². The van der Waals surface area contributed by atoms with Crippen LogP contribution in [-0.2, 0) is 16.1 Å². The van der Waals surface area contributed by atoms with Crippen LogP contribution in [0.3, 0.4) is 0 Å². The molecular weight excluding hydrogens is 374 g/mol. The van der Waals surface area contributed by atoms with Crippen LogP contribution in [-0.4, -0.2) is 32.8 Å². The number of aromatic amines is 1. The van der Waals surface area contributed by atoms with Gasteiger partial charge in [0, 0.05) is 0 Å². The number of nitrogens with one attached hydrogen (secondary N) is 3. The molecule has 0 spiro atoms. The highest BCUT2D eigenvalue weighted by molar-refractivity contribution is 5.86. The van der Waals surface area contributed by atoms with E-state index >= 15 is 0 Å². The van der Waals surface area contributed by atoms with Gasteiger partial charge in [0.25, 0.3) is 0 Å². The van der Waals surface area contributed by atoms with Crippen LogP contribution in [0.15, 0.2) is 53.1 Å². The van der Waals surface area contributed by atoms with Crippen LogP contribution in [0, 0.1) is 0 Å². The van der Waals surface area contributed by atoms with E-state index in [-0.39, 0.29) is 6.54 Å². The minimum atomic E-state index is -0.918. The highest BCUT2D eigenvalue weighted by Gasteiger charge is 2.26. The summed E-state index contributed by atoms with van der Waals surface area (Å²) in [4.78, 5) is 29.3. The Morgan fingerprint density at radius 1 is 1.17 bits per heavy atom. The van der Waals surface area contributed by atoms with Gasteiger partial charge in [-0.25, -0.2) is 9.78 Å². The Morgan fingerprint density at radius 2 is 1.93 bits per heavy atom. The number of alkyl carbamates (subject to hydrolysis) is 1. The number of carbonyl (C=O) groups excluding carboxylic acids is 2. The summed E-state index contributed by atoms with van der Waals surface area (Å²) in [6, 6.07) is 11.5. The van der Waals surface area contributed by atoms with Gasteiger partial charge in [-0.3, -0.25) is 9.89 Å². The fourth-order valence-electron chi connectivity index (χ4n) is 2.53. The smallest absolute Gasteiger partial charge is 0.408 e. The van der Waals surface area contributed by atoms with Gasteiger partial charge in [0.2, 0.25) is 11.7 Å². The van der Waals surface area contributed by atoms with Gasteiger partial charge in [0.1, 0.15) is 17.5 Å². The third-order valence-corrected chi connectivity index (χ3v) is 3.76. The lowest BCUT2D eigenvalue weighted by Crippen LogP contribution is -2.42. The molecule has 3 rings (SSSR count). The summed E-state index contributed by atoms with van der Waals surface area (Å²) in [5.74, 6) is 0.963. The minimum absolute atomic E-state index is 0.103. The highest BCUT2D eigenvalue weighted by atomic mass is 16.6. The van der Waals surface area contributed by atoms with E-state index < -0.39 is 23.6 Å². The molecule has 1 atom stereocenters. The van der Waals surface area contributed by atoms with Crippen molar-refractivity contribution in [2.24, 2.45) is 0 Å². The summed E-state index contributed by atoms with van der Waals surface area (Å²) in [5.41, 5.74) is -0.0473. The number of carbonyl (C=O) groups is 2. The van der Waals surface area contributed by atoms with Gasteiger partial charge in [-0.05, 0) is 38.5 Å². The first-order chi connectivity index (χ1) is 13.8. The van der Waals surface area contributed by atoms with Gasteiger partial charge in [0.15, 0.2) is 5.76 Å². The Balaban J connectivity index is 1.67. The van der Waals surface area contributed by atoms with Gasteiger partial charge >= 0.3 is 6.09 Å². The van der Waals surface area contributed by atoms with Gasteiger partial charge in [-0.15, -0.1) is 5.10 Å². The molecule has 3 aromatic rings. The number of rotatable bonds is 6. The van der Waals surface area contributed by atoms with E-state index in [1.165, 1.54) is 6.26 Å². The first-order valence-corrected chi connectivity index (χ1v) is 9.09. The van der Waals surface area contributed by atoms with Crippen molar-refractivity contribution in [2.45, 2.75) is 39.0 Å². The van der Waals surface area contributed by atoms with E-state index in [1.54, 1.807) is 57.2 Å². The lowest BCUT2D eigenvalue weighted by atomic mass is 10.1. The summed E-state index contributed by atoms with van der Waals surface area (Å²) < 4.78 is 10.5. The normalized spacial score (nSPS) is 12.2. The van der Waals surface area contributed by atoms with E-state index in [9.17, 15) is 9.59 Å². The molecule has 0 fully saturated rings. The average Bonchev–Trinajstić information content (AvgIpc) is 3.35. The summed E-state index contributed by atoms with van der Waals surface area (Å²) in [6.45, 7) is 5.37. The number of furan rings is 1. The maximum absolute atomic E-state index is 12.8. The monoisotopic (exact) mass is 397 g/mol. The molecule has 29 heavy (non-hydrogen) atoms. The number of ether oxygens (including phenoxy) is 1. The zero-order chi connectivity index (χ0) is 20.9. The molecule has 2 amide bonds. The summed E-state index contributed by atoms with van der Waals surface area (Å²) in [6.07, 6.45) is 0.848. The van der Waals surface area contributed by atoms with Crippen molar-refractivity contribution in [3.8, 4) is 11.6 Å². The van der Waals surface area contributed by atoms with Crippen molar-refractivity contribution < 1.29 is 18.7 Å². The van der Waals surface area contributed by atoms with Crippen molar-refractivity contribution >= 4 is 12.0 Å². The molecule has 0 saturated heterocycles. The van der Waals surface area contributed by atoms with Crippen LogP contribution in [0.5, 0.6) is 0 Å². The van der Waals surface area contributed by atoms with Gasteiger partial charge in [-0.1, -0.05) is 30.3 Å². The number of amides is 2. The number of hydrogen-bond acceptors (Lipinski definition) is 6. The Bertz CT molecular complexity index is 945. The predicted octanol–water partition coefficient (Wildman–Crippen LogP) is 2.95. The fraction of sp³-hybridized carbons (Fsp3) is 0.300. The lowest BCUT2D eigenvalue weighted by Gasteiger charge is -2.23. The molecule has 2 heterocycles. The van der Waals surface area contributed by atoms with E-state index in [1.807, 2.05) is 6.07 Å². The number of hydrogen-bond donors (Lipinski definition) is 3. The zero-order valence-electron chi connectivity index (χ0n) is 16.4. The van der Waals surface area contributed by atoms with Gasteiger partial charge < -0.3 is 19.8 Å². The molecular formula is C20H23N5O4. The minimum Gasteiger partial charge on any atom is -0.461 e. The molecule has 9 heteroatoms. The number of benzene rings is 1. The lowest BCUT2D eigenvalue weighted by molar-refractivity contribution is -0.123. The molecule has 152 valence electrons. The Morgan fingerprint density at radius 3 is 2.59 bits per heavy atom. The Kier molecular flexibility index (Phi) is 5.96. The first kappa shape index (κ1) is 20.1. The molecule has 0 aliphatic heterocycles. The van der Waals surface area contributed by atoms with Crippen molar-refractivity contribution in [3.63, 3.8) is 0 Å². The second-order valence-corrected chi connectivity index (χ2v) is 7.29. The quantitative estimate of drug-likeness (QED) is 0.588. The molecule has 0 aliphatic carbocycles. The molecule has 0 saturated carbocycles. The zero-order valence-corrected chi connectivity index (χ0v) is 16.4. The van der Waals surface area contributed by atoms with Crippen LogP contribution in [0.4, 0.5) is 4.79 Å². The fourth-order valence-corrected chi connectivity index (χ4v) is 2.53. The summed E-state index contributed by atoms with van der Waals surface area (Å²) in [5, 5.41) is 12.2. The van der Waals surface area contributed by atoms with Crippen LogP contribution < -0.4 is 10.6 Å². The van der Waals surface area contributed by atoms with Crippen molar-refractivity contribution in [1.82, 2.24) is 25.8 Å². The Labute approximate surface area is 167 Å². The van der Waals surface area contributed by atoms with Crippen LogP contribution in [0.25, 0.3) is 11.6 Å². The molecule has 3 N–H and O–H groups in total. The van der Waals surface area contributed by atoms with Crippen molar-refractivity contribution in [2.75, 3.05) is 0 Å². The van der Waals surface area contributed by atoms with Gasteiger partial charge in [-0.2, -0.15) is 0 Å². The summed E-state index contributed by atoms with van der Waals surface area (Å²) >= 11 is 0. The first-order valence-electron chi connectivity index (χ1n) is 9.09. The second kappa shape index (κ2) is 8.59. The van der Waals surface area contributed by atoms with Crippen LogP contribution in [0.2, 0.25) is 0 Å². The van der Waals surface area contributed by atoms with Gasteiger partial charge in [0.05, 0.1) is 12.8 Å². The highest BCUT2D eigenvalue weighted by Crippen LogP contribution is 2.16. The predicted molar refractivity (Wildman–Crippen MR) is 104 cm³/mol. The largest absolute Gasteiger partial charge is 0.461 e. The molecule has 0 bridgehead atoms. The number of nitrogens with zero attached hydrogens (tertiary/aromatic N) is 2. The molecule has 0 aliphatic rings. The van der Waals surface area contributed by atoms with Crippen molar-refractivity contribution in [1.29, 1.82) is 0 Å². The third-order valence-electron chi connectivity index (χ3n) is 3.76. The van der Waals surface area contributed by atoms with Crippen LogP contribution >= 0.6 is 0 Å². The Hall–Kier alpha value is -3.62. The van der Waals surface area contributed by atoms with Crippen molar-refractivity contribution in [3.05, 3.63) is 60.1 Å². The number of aromatic nitrogens is 3. The molecule has 2 aromatic heterocycles. The number of H-pyrrole nitrogens is 1. The molecule has 1 aromatic carbocycles. The van der Waals surface area contributed by atoms with E-state index in [0.717, 1.165) is 0 Å². The maximum atomic E-state index is 12.8. The molecule has 9 nitrogen and oxygen atoms in total. The third kappa shape index (κ3) is 5.68. The molecule has 0 radical (unpaired) electrons. The second-order valence-electron chi connectivity index (χ2n) is 7.29. The standard InChI is InChI=1S/C20H23N5O4/c1-20(2,3)29-19(27)23-16(13-8-5-4-6-9-13)18(26)21-12-15-22-17(25-24-15)14-10-7-11-28-14/h4-11,16H,12H2,1-3H3,(H,21,26)(H,23,27)(H,22,24,25)/t16-/m0/s1. The maximum Gasteiger partial charge on any atom is 0.408 e. The topological polar surface area (TPSA) is 122 Å².